The Hall–Kier alpha value is -0.340. The maximum Gasteiger partial charge on any atom is 0.0487 e. The third-order valence-electron chi connectivity index (χ3n) is 3.73. The number of hydrogen-bond acceptors (Lipinski definition) is 2. The Bertz CT molecular complexity index is 273. The zero-order valence-corrected chi connectivity index (χ0v) is 10.1. The molecule has 1 heterocycles. The first kappa shape index (κ1) is 11.2. The molecule has 0 aliphatic heterocycles. The summed E-state index contributed by atoms with van der Waals surface area (Å²) in [5, 5.41) is 11.7. The van der Waals surface area contributed by atoms with Gasteiger partial charge in [-0.2, -0.15) is 0 Å². The Morgan fingerprint density at radius 3 is 2.67 bits per heavy atom. The number of aliphatic hydroxyl groups is 1. The SMILES string of the molecule is OCC1(CCc2cccs2)CCCCC1. The van der Waals surface area contributed by atoms with Gasteiger partial charge in [0.15, 0.2) is 0 Å². The molecule has 0 saturated heterocycles. The van der Waals surface area contributed by atoms with Crippen LogP contribution in [-0.4, -0.2) is 11.7 Å². The summed E-state index contributed by atoms with van der Waals surface area (Å²) < 4.78 is 0. The van der Waals surface area contributed by atoms with E-state index in [1.54, 1.807) is 0 Å². The molecule has 84 valence electrons. The van der Waals surface area contributed by atoms with Crippen LogP contribution in [0.15, 0.2) is 17.5 Å². The minimum atomic E-state index is 0.252. The van der Waals surface area contributed by atoms with Crippen LogP contribution in [0.2, 0.25) is 0 Å². The fraction of sp³-hybridized carbons (Fsp3) is 0.692. The van der Waals surface area contributed by atoms with Crippen molar-refractivity contribution in [3.8, 4) is 0 Å². The zero-order valence-electron chi connectivity index (χ0n) is 9.24. The molecule has 1 N–H and O–H groups in total. The fourth-order valence-corrected chi connectivity index (χ4v) is 3.34. The van der Waals surface area contributed by atoms with E-state index in [1.165, 1.54) is 43.4 Å². The van der Waals surface area contributed by atoms with Gasteiger partial charge in [0, 0.05) is 11.5 Å². The first-order chi connectivity index (χ1) is 7.35. The van der Waals surface area contributed by atoms with E-state index >= 15 is 0 Å². The van der Waals surface area contributed by atoms with Crippen LogP contribution in [0.4, 0.5) is 0 Å². The molecule has 1 aliphatic rings. The first-order valence-electron chi connectivity index (χ1n) is 5.98. The van der Waals surface area contributed by atoms with Gasteiger partial charge >= 0.3 is 0 Å². The lowest BCUT2D eigenvalue weighted by Crippen LogP contribution is -2.28. The highest BCUT2D eigenvalue weighted by molar-refractivity contribution is 7.09. The molecule has 0 unspecified atom stereocenters. The second-order valence-electron chi connectivity index (χ2n) is 4.80. The molecule has 1 saturated carbocycles. The summed E-state index contributed by atoms with van der Waals surface area (Å²) in [4.78, 5) is 1.47. The van der Waals surface area contributed by atoms with Crippen molar-refractivity contribution in [1.29, 1.82) is 0 Å². The Kier molecular flexibility index (Phi) is 3.81. The van der Waals surface area contributed by atoms with Crippen molar-refractivity contribution in [2.45, 2.75) is 44.9 Å². The largest absolute Gasteiger partial charge is 0.396 e. The monoisotopic (exact) mass is 224 g/mol. The van der Waals surface area contributed by atoms with Gasteiger partial charge in [-0.3, -0.25) is 0 Å². The number of hydrogen-bond donors (Lipinski definition) is 1. The molecule has 2 rings (SSSR count). The maximum absolute atomic E-state index is 9.57. The van der Waals surface area contributed by atoms with Gasteiger partial charge in [0.1, 0.15) is 0 Å². The van der Waals surface area contributed by atoms with Gasteiger partial charge in [-0.05, 0) is 42.5 Å². The molecule has 0 spiro atoms. The maximum atomic E-state index is 9.57. The van der Waals surface area contributed by atoms with Crippen molar-refractivity contribution in [1.82, 2.24) is 0 Å². The van der Waals surface area contributed by atoms with Crippen LogP contribution >= 0.6 is 11.3 Å². The highest BCUT2D eigenvalue weighted by atomic mass is 32.1. The lowest BCUT2D eigenvalue weighted by Gasteiger charge is -2.35. The van der Waals surface area contributed by atoms with E-state index in [0.717, 1.165) is 6.42 Å². The van der Waals surface area contributed by atoms with Gasteiger partial charge in [-0.1, -0.05) is 25.3 Å². The summed E-state index contributed by atoms with van der Waals surface area (Å²) in [7, 11) is 0. The van der Waals surface area contributed by atoms with Crippen LogP contribution in [0, 0.1) is 5.41 Å². The van der Waals surface area contributed by atoms with Gasteiger partial charge < -0.3 is 5.11 Å². The molecular weight excluding hydrogens is 204 g/mol. The summed E-state index contributed by atoms with van der Waals surface area (Å²) in [6.07, 6.45) is 8.77. The smallest absolute Gasteiger partial charge is 0.0487 e. The predicted molar refractivity (Wildman–Crippen MR) is 65.2 cm³/mol. The van der Waals surface area contributed by atoms with Crippen molar-refractivity contribution in [2.75, 3.05) is 6.61 Å². The van der Waals surface area contributed by atoms with Crippen molar-refractivity contribution in [3.63, 3.8) is 0 Å². The van der Waals surface area contributed by atoms with Crippen LogP contribution in [0.5, 0.6) is 0 Å². The molecule has 2 heteroatoms. The van der Waals surface area contributed by atoms with Crippen LogP contribution in [0.3, 0.4) is 0 Å². The lowest BCUT2D eigenvalue weighted by molar-refractivity contribution is 0.0739. The summed E-state index contributed by atoms with van der Waals surface area (Å²) in [5.41, 5.74) is 0.252. The number of rotatable bonds is 4. The van der Waals surface area contributed by atoms with E-state index in [4.69, 9.17) is 0 Å². The van der Waals surface area contributed by atoms with Crippen LogP contribution in [0.25, 0.3) is 0 Å². The highest BCUT2D eigenvalue weighted by Gasteiger charge is 2.30. The van der Waals surface area contributed by atoms with Gasteiger partial charge in [-0.15, -0.1) is 11.3 Å². The summed E-state index contributed by atoms with van der Waals surface area (Å²) in [5.74, 6) is 0. The van der Waals surface area contributed by atoms with E-state index in [9.17, 15) is 5.11 Å². The number of thiophene rings is 1. The van der Waals surface area contributed by atoms with E-state index < -0.39 is 0 Å². The van der Waals surface area contributed by atoms with E-state index in [0.29, 0.717) is 6.61 Å². The summed E-state index contributed by atoms with van der Waals surface area (Å²) >= 11 is 1.84. The average molecular weight is 224 g/mol. The highest BCUT2D eigenvalue weighted by Crippen LogP contribution is 2.39. The molecule has 15 heavy (non-hydrogen) atoms. The second kappa shape index (κ2) is 5.13. The van der Waals surface area contributed by atoms with Crippen LogP contribution in [0.1, 0.15) is 43.4 Å². The van der Waals surface area contributed by atoms with Crippen molar-refractivity contribution in [2.24, 2.45) is 5.41 Å². The van der Waals surface area contributed by atoms with Crippen LogP contribution < -0.4 is 0 Å². The molecular formula is C13H20OS. The summed E-state index contributed by atoms with van der Waals surface area (Å²) in [6.45, 7) is 0.387. The molecule has 0 bridgehead atoms. The Balaban J connectivity index is 1.89. The molecule has 1 aromatic heterocycles. The number of aryl methyl sites for hydroxylation is 1. The summed E-state index contributed by atoms with van der Waals surface area (Å²) in [6, 6.07) is 4.32. The normalized spacial score (nSPS) is 20.3. The Morgan fingerprint density at radius 2 is 2.07 bits per heavy atom. The molecule has 0 amide bonds. The minimum Gasteiger partial charge on any atom is -0.396 e. The molecule has 1 nitrogen and oxygen atoms in total. The fourth-order valence-electron chi connectivity index (χ4n) is 2.63. The Morgan fingerprint density at radius 1 is 1.27 bits per heavy atom. The van der Waals surface area contributed by atoms with E-state index in [1.807, 2.05) is 11.3 Å². The number of aliphatic hydroxyl groups excluding tert-OH is 1. The predicted octanol–water partition coefficient (Wildman–Crippen LogP) is 3.62. The third kappa shape index (κ3) is 2.82. The Labute approximate surface area is 96.1 Å². The minimum absolute atomic E-state index is 0.252. The van der Waals surface area contributed by atoms with Crippen molar-refractivity contribution >= 4 is 11.3 Å². The quantitative estimate of drug-likeness (QED) is 0.828. The van der Waals surface area contributed by atoms with Gasteiger partial charge in [0.2, 0.25) is 0 Å². The van der Waals surface area contributed by atoms with Gasteiger partial charge in [0.05, 0.1) is 0 Å². The molecule has 1 fully saturated rings. The second-order valence-corrected chi connectivity index (χ2v) is 5.83. The van der Waals surface area contributed by atoms with Crippen molar-refractivity contribution in [3.05, 3.63) is 22.4 Å². The molecule has 0 aromatic carbocycles. The molecule has 1 aliphatic carbocycles. The first-order valence-corrected chi connectivity index (χ1v) is 6.86. The zero-order chi connectivity index (χ0) is 10.6. The third-order valence-corrected chi connectivity index (χ3v) is 4.67. The van der Waals surface area contributed by atoms with Gasteiger partial charge in [-0.25, -0.2) is 0 Å². The van der Waals surface area contributed by atoms with Crippen molar-refractivity contribution < 1.29 is 5.11 Å². The van der Waals surface area contributed by atoms with Crippen LogP contribution in [-0.2, 0) is 6.42 Å². The van der Waals surface area contributed by atoms with E-state index in [-0.39, 0.29) is 5.41 Å². The standard InChI is InChI=1S/C13H20OS/c14-11-13(7-2-1-3-8-13)9-6-12-5-4-10-15-12/h4-5,10,14H,1-3,6-9,11H2. The lowest BCUT2D eigenvalue weighted by atomic mass is 9.72. The van der Waals surface area contributed by atoms with Gasteiger partial charge in [0.25, 0.3) is 0 Å². The van der Waals surface area contributed by atoms with E-state index in [2.05, 4.69) is 17.5 Å². The topological polar surface area (TPSA) is 20.2 Å². The molecule has 0 radical (unpaired) electrons. The molecule has 1 aromatic rings. The average Bonchev–Trinajstić information content (AvgIpc) is 2.81. The molecule has 0 atom stereocenters.